The molecule has 0 aliphatic rings. The Morgan fingerprint density at radius 1 is 1.21 bits per heavy atom. The maximum atomic E-state index is 11.7. The van der Waals surface area contributed by atoms with Crippen molar-refractivity contribution >= 4 is 23.3 Å². The zero-order valence-electron chi connectivity index (χ0n) is 11.2. The summed E-state index contributed by atoms with van der Waals surface area (Å²) in [6, 6.07) is 6.62. The second-order valence-electron chi connectivity index (χ2n) is 4.26. The molecule has 1 aromatic carbocycles. The van der Waals surface area contributed by atoms with Crippen molar-refractivity contribution in [2.45, 2.75) is 26.7 Å². The van der Waals surface area contributed by atoms with Gasteiger partial charge in [0.25, 0.3) is 5.91 Å². The number of rotatable bonds is 6. The van der Waals surface area contributed by atoms with Gasteiger partial charge in [-0.15, -0.1) is 0 Å². The molecule has 19 heavy (non-hydrogen) atoms. The topological polar surface area (TPSA) is 75.3 Å². The normalized spacial score (nSPS) is 9.79. The summed E-state index contributed by atoms with van der Waals surface area (Å²) in [6.45, 7) is 3.94. The summed E-state index contributed by atoms with van der Waals surface area (Å²) in [5, 5.41) is 5.34. The molecule has 0 spiro atoms. The van der Waals surface area contributed by atoms with Gasteiger partial charge in [-0.05, 0) is 31.5 Å². The van der Waals surface area contributed by atoms with E-state index in [1.54, 1.807) is 24.3 Å². The first-order valence-electron chi connectivity index (χ1n) is 6.20. The molecule has 2 N–H and O–H groups in total. The Balaban J connectivity index is 2.69. The van der Waals surface area contributed by atoms with Gasteiger partial charge in [-0.2, -0.15) is 0 Å². The first kappa shape index (κ1) is 14.9. The molecule has 0 unspecified atom stereocenters. The summed E-state index contributed by atoms with van der Waals surface area (Å²) >= 11 is 0. The van der Waals surface area contributed by atoms with E-state index in [4.69, 9.17) is 0 Å². The van der Waals surface area contributed by atoms with Gasteiger partial charge in [-0.1, -0.05) is 13.0 Å². The van der Waals surface area contributed by atoms with Gasteiger partial charge in [-0.3, -0.25) is 14.4 Å². The molecule has 0 radical (unpaired) electrons. The predicted octanol–water partition coefficient (Wildman–Crippen LogP) is 1.74. The zero-order valence-corrected chi connectivity index (χ0v) is 11.2. The average Bonchev–Trinajstić information content (AvgIpc) is 2.35. The van der Waals surface area contributed by atoms with Crippen LogP contribution in [0.25, 0.3) is 0 Å². The minimum atomic E-state index is -0.376. The van der Waals surface area contributed by atoms with Crippen LogP contribution in [-0.4, -0.2) is 24.1 Å². The average molecular weight is 262 g/mol. The van der Waals surface area contributed by atoms with Crippen molar-refractivity contribution in [2.24, 2.45) is 0 Å². The second kappa shape index (κ2) is 7.31. The van der Waals surface area contributed by atoms with Crippen molar-refractivity contribution in [3.05, 3.63) is 29.8 Å². The molecule has 0 bridgehead atoms. The molecule has 2 amide bonds. The van der Waals surface area contributed by atoms with Crippen LogP contribution in [0, 0.1) is 0 Å². The van der Waals surface area contributed by atoms with E-state index >= 15 is 0 Å². The lowest BCUT2D eigenvalue weighted by atomic mass is 10.2. The summed E-state index contributed by atoms with van der Waals surface area (Å²) in [5.74, 6) is -0.752. The lowest BCUT2D eigenvalue weighted by molar-refractivity contribution is -0.124. The second-order valence-corrected chi connectivity index (χ2v) is 4.26. The first-order chi connectivity index (χ1) is 9.02. The molecule has 5 heteroatoms. The van der Waals surface area contributed by atoms with E-state index in [0.29, 0.717) is 17.8 Å². The highest BCUT2D eigenvalue weighted by Gasteiger charge is 2.08. The molecule has 0 aliphatic heterocycles. The summed E-state index contributed by atoms with van der Waals surface area (Å²) in [6.07, 6.45) is 0.701. The first-order valence-corrected chi connectivity index (χ1v) is 6.20. The smallest absolute Gasteiger partial charge is 0.251 e. The number of amides is 2. The molecule has 0 saturated carbocycles. The van der Waals surface area contributed by atoms with Gasteiger partial charge in [0.1, 0.15) is 5.78 Å². The lowest BCUT2D eigenvalue weighted by Gasteiger charge is -2.07. The van der Waals surface area contributed by atoms with Gasteiger partial charge < -0.3 is 10.6 Å². The monoisotopic (exact) mass is 262 g/mol. The van der Waals surface area contributed by atoms with E-state index in [-0.39, 0.29) is 24.0 Å². The van der Waals surface area contributed by atoms with Gasteiger partial charge in [0, 0.05) is 17.8 Å². The number of carbonyl (C=O) groups is 3. The van der Waals surface area contributed by atoms with Crippen LogP contribution in [0.3, 0.4) is 0 Å². The fourth-order valence-electron chi connectivity index (χ4n) is 1.51. The molecule has 1 rings (SSSR count). The summed E-state index contributed by atoms with van der Waals surface area (Å²) in [5.41, 5.74) is 0.990. The summed E-state index contributed by atoms with van der Waals surface area (Å²) < 4.78 is 0. The van der Waals surface area contributed by atoms with Gasteiger partial charge >= 0.3 is 0 Å². The number of hydrogen-bond donors (Lipinski definition) is 2. The zero-order chi connectivity index (χ0) is 14.3. The van der Waals surface area contributed by atoms with Crippen molar-refractivity contribution in [2.75, 3.05) is 11.9 Å². The Labute approximate surface area is 112 Å². The Bertz CT molecular complexity index is 483. The van der Waals surface area contributed by atoms with Crippen molar-refractivity contribution in [3.63, 3.8) is 0 Å². The van der Waals surface area contributed by atoms with Crippen molar-refractivity contribution in [3.8, 4) is 0 Å². The van der Waals surface area contributed by atoms with Gasteiger partial charge in [0.15, 0.2) is 0 Å². The maximum absolute atomic E-state index is 11.7. The fraction of sp³-hybridized carbons (Fsp3) is 0.357. The van der Waals surface area contributed by atoms with Crippen molar-refractivity contribution < 1.29 is 14.4 Å². The molecular weight excluding hydrogens is 244 g/mol. The van der Waals surface area contributed by atoms with E-state index in [0.717, 1.165) is 6.42 Å². The predicted molar refractivity (Wildman–Crippen MR) is 73.0 cm³/mol. The molecule has 5 nitrogen and oxygen atoms in total. The number of benzene rings is 1. The Morgan fingerprint density at radius 3 is 2.58 bits per heavy atom. The van der Waals surface area contributed by atoms with Crippen LogP contribution in [0.2, 0.25) is 0 Å². The largest absolute Gasteiger partial charge is 0.352 e. The number of Topliss-reactive ketones (excluding diaryl/α,β-unsaturated/α-hetero) is 1. The standard InChI is InChI=1S/C14H18N2O3/c1-3-7-15-14(19)11-5-4-6-12(9-11)16-13(18)8-10(2)17/h4-6,9H,3,7-8H2,1-2H3,(H,15,19)(H,16,18). The highest BCUT2D eigenvalue weighted by atomic mass is 16.2. The Morgan fingerprint density at radius 2 is 1.95 bits per heavy atom. The van der Waals surface area contributed by atoms with Crippen LogP contribution >= 0.6 is 0 Å². The molecule has 102 valence electrons. The quantitative estimate of drug-likeness (QED) is 0.767. The van der Waals surface area contributed by atoms with Crippen LogP contribution in [-0.2, 0) is 9.59 Å². The molecular formula is C14H18N2O3. The van der Waals surface area contributed by atoms with Crippen LogP contribution < -0.4 is 10.6 Å². The van der Waals surface area contributed by atoms with Crippen molar-refractivity contribution in [1.82, 2.24) is 5.32 Å². The third-order valence-electron chi connectivity index (χ3n) is 2.35. The van der Waals surface area contributed by atoms with E-state index < -0.39 is 0 Å². The Hall–Kier alpha value is -2.17. The maximum Gasteiger partial charge on any atom is 0.251 e. The van der Waals surface area contributed by atoms with Gasteiger partial charge in [0.05, 0.1) is 6.42 Å². The van der Waals surface area contributed by atoms with Crippen LogP contribution in [0.1, 0.15) is 37.0 Å². The highest BCUT2D eigenvalue weighted by Crippen LogP contribution is 2.11. The molecule has 0 aliphatic carbocycles. The SMILES string of the molecule is CCCNC(=O)c1cccc(NC(=O)CC(C)=O)c1. The molecule has 0 heterocycles. The third kappa shape index (κ3) is 5.33. The van der Waals surface area contributed by atoms with Gasteiger partial charge in [-0.25, -0.2) is 0 Å². The van der Waals surface area contributed by atoms with Crippen molar-refractivity contribution in [1.29, 1.82) is 0 Å². The number of hydrogen-bond acceptors (Lipinski definition) is 3. The molecule has 0 saturated heterocycles. The summed E-state index contributed by atoms with van der Waals surface area (Å²) in [4.78, 5) is 34.0. The molecule has 0 atom stereocenters. The van der Waals surface area contributed by atoms with Crippen LogP contribution in [0.5, 0.6) is 0 Å². The van der Waals surface area contributed by atoms with Gasteiger partial charge in [0.2, 0.25) is 5.91 Å². The molecule has 1 aromatic rings. The van der Waals surface area contributed by atoms with E-state index in [1.165, 1.54) is 6.92 Å². The van der Waals surface area contributed by atoms with E-state index in [1.807, 2.05) is 6.92 Å². The number of ketones is 1. The van der Waals surface area contributed by atoms with E-state index in [9.17, 15) is 14.4 Å². The summed E-state index contributed by atoms with van der Waals surface area (Å²) in [7, 11) is 0. The molecule has 0 fully saturated rings. The van der Waals surface area contributed by atoms with Crippen LogP contribution in [0.4, 0.5) is 5.69 Å². The number of anilines is 1. The number of carbonyl (C=O) groups excluding carboxylic acids is 3. The minimum absolute atomic E-state index is 0.160. The van der Waals surface area contributed by atoms with Crippen LogP contribution in [0.15, 0.2) is 24.3 Å². The van der Waals surface area contributed by atoms with E-state index in [2.05, 4.69) is 10.6 Å². The lowest BCUT2D eigenvalue weighted by Crippen LogP contribution is -2.24. The third-order valence-corrected chi connectivity index (χ3v) is 2.35. The minimum Gasteiger partial charge on any atom is -0.352 e. The number of nitrogens with one attached hydrogen (secondary N) is 2. The molecule has 0 aromatic heterocycles. The Kier molecular flexibility index (Phi) is 5.73. The highest BCUT2D eigenvalue weighted by molar-refractivity contribution is 6.04. The fourth-order valence-corrected chi connectivity index (χ4v) is 1.51.